The number of rotatable bonds is 7. The Hall–Kier alpha value is -1.52. The molecule has 1 aliphatic heterocycles. The summed E-state index contributed by atoms with van der Waals surface area (Å²) in [5.74, 6) is 0.753. The maximum Gasteiger partial charge on any atom is 0.393 e. The van der Waals surface area contributed by atoms with Crippen LogP contribution in [-0.2, 0) is 19.2 Å². The van der Waals surface area contributed by atoms with Gasteiger partial charge in [-0.05, 0) is 49.9 Å². The smallest absolute Gasteiger partial charge is 0.393 e. The maximum atomic E-state index is 13.1. The highest BCUT2D eigenvalue weighted by Gasteiger charge is 2.36. The Bertz CT molecular complexity index is 827. The van der Waals surface area contributed by atoms with Crippen molar-refractivity contribution in [2.45, 2.75) is 26.4 Å². The first kappa shape index (κ1) is 19.2. The molecular formula is C20H23O4PS. The normalized spacial score (nSPS) is 19.4. The van der Waals surface area contributed by atoms with E-state index in [1.165, 1.54) is 0 Å². The summed E-state index contributed by atoms with van der Waals surface area (Å²) in [5, 5.41) is 0. The summed E-state index contributed by atoms with van der Waals surface area (Å²) in [6.45, 7) is 2.98. The molecule has 1 atom stereocenters. The van der Waals surface area contributed by atoms with E-state index in [9.17, 15) is 4.57 Å². The summed E-state index contributed by atoms with van der Waals surface area (Å²) >= 11 is 1.15. The molecule has 0 amide bonds. The van der Waals surface area contributed by atoms with Crippen molar-refractivity contribution in [1.82, 2.24) is 0 Å². The number of fused-ring (bicyclic) bond motifs is 1. The molecule has 1 unspecified atom stereocenters. The Balaban J connectivity index is 2.05. The molecule has 2 aromatic rings. The van der Waals surface area contributed by atoms with E-state index in [-0.39, 0.29) is 0 Å². The largest absolute Gasteiger partial charge is 0.478 e. The fourth-order valence-electron chi connectivity index (χ4n) is 2.86. The van der Waals surface area contributed by atoms with Gasteiger partial charge in [0.15, 0.2) is 5.60 Å². The molecule has 6 heteroatoms. The van der Waals surface area contributed by atoms with Crippen molar-refractivity contribution in [3.63, 3.8) is 0 Å². The third-order valence-corrected chi connectivity index (χ3v) is 7.81. The number of ether oxygens (including phenoxy) is 1. The number of hydrogen-bond donors (Lipinski definition) is 0. The van der Waals surface area contributed by atoms with E-state index in [0.717, 1.165) is 33.2 Å². The van der Waals surface area contributed by atoms with Crippen LogP contribution < -0.4 is 4.74 Å². The molecule has 0 aromatic heterocycles. The fraction of sp³-hybridized carbons (Fsp3) is 0.300. The number of benzene rings is 2. The van der Waals surface area contributed by atoms with Gasteiger partial charge in [-0.1, -0.05) is 48.5 Å². The van der Waals surface area contributed by atoms with Crippen molar-refractivity contribution >= 4 is 23.1 Å². The SMILES string of the molecule is CCOP(=O)(OCC)SC1=CC(C)(c2ccccc2)Oc2ccccc21. The number of hydrogen-bond acceptors (Lipinski definition) is 5. The van der Waals surface area contributed by atoms with E-state index in [4.69, 9.17) is 13.8 Å². The van der Waals surface area contributed by atoms with Gasteiger partial charge in [0.2, 0.25) is 0 Å². The van der Waals surface area contributed by atoms with Crippen LogP contribution in [0.3, 0.4) is 0 Å². The quantitative estimate of drug-likeness (QED) is 0.523. The van der Waals surface area contributed by atoms with E-state index in [2.05, 4.69) is 0 Å². The van der Waals surface area contributed by atoms with Crippen LogP contribution in [0.25, 0.3) is 4.91 Å². The molecule has 0 fully saturated rings. The summed E-state index contributed by atoms with van der Waals surface area (Å²) in [7, 11) is 0. The van der Waals surface area contributed by atoms with E-state index < -0.39 is 12.4 Å². The van der Waals surface area contributed by atoms with Crippen LogP contribution in [0.2, 0.25) is 0 Å². The zero-order valence-corrected chi connectivity index (χ0v) is 16.9. The second-order valence-electron chi connectivity index (χ2n) is 5.95. The Morgan fingerprint density at radius 3 is 2.27 bits per heavy atom. The molecule has 3 rings (SSSR count). The third-order valence-electron chi connectivity index (χ3n) is 4.01. The van der Waals surface area contributed by atoms with Gasteiger partial charge in [-0.3, -0.25) is 0 Å². The molecule has 0 radical (unpaired) electrons. The van der Waals surface area contributed by atoms with Crippen LogP contribution in [0, 0.1) is 0 Å². The van der Waals surface area contributed by atoms with Gasteiger partial charge in [0.25, 0.3) is 0 Å². The minimum atomic E-state index is -3.30. The Labute approximate surface area is 158 Å². The molecule has 1 heterocycles. The molecule has 2 aromatic carbocycles. The van der Waals surface area contributed by atoms with Gasteiger partial charge in [-0.2, -0.15) is 0 Å². The Morgan fingerprint density at radius 2 is 1.62 bits per heavy atom. The molecule has 26 heavy (non-hydrogen) atoms. The van der Waals surface area contributed by atoms with Gasteiger partial charge in [0, 0.05) is 10.5 Å². The van der Waals surface area contributed by atoms with E-state index in [0.29, 0.717) is 13.2 Å². The van der Waals surface area contributed by atoms with Crippen molar-refractivity contribution in [2.24, 2.45) is 0 Å². The third kappa shape index (κ3) is 4.07. The van der Waals surface area contributed by atoms with Gasteiger partial charge in [0.1, 0.15) is 5.75 Å². The van der Waals surface area contributed by atoms with Crippen LogP contribution in [-0.4, -0.2) is 13.2 Å². The first-order valence-corrected chi connectivity index (χ1v) is 11.6. The monoisotopic (exact) mass is 390 g/mol. The van der Waals surface area contributed by atoms with Gasteiger partial charge in [-0.15, -0.1) is 0 Å². The van der Waals surface area contributed by atoms with Crippen molar-refractivity contribution in [3.05, 3.63) is 71.8 Å². The molecule has 1 aliphatic rings. The Kier molecular flexibility index (Phi) is 5.93. The second kappa shape index (κ2) is 8.01. The number of para-hydroxylation sites is 1. The van der Waals surface area contributed by atoms with Crippen LogP contribution in [0.5, 0.6) is 5.75 Å². The standard InChI is InChI=1S/C20H23O4PS/c1-4-22-25(21,23-5-2)26-19-15-20(3,16-11-7-6-8-12-16)24-18-14-10-9-13-17(18)19/h6-15H,4-5H2,1-3H3. The first-order chi connectivity index (χ1) is 12.5. The summed E-state index contributed by atoms with van der Waals surface area (Å²) < 4.78 is 30.3. The molecule has 0 spiro atoms. The summed E-state index contributed by atoms with van der Waals surface area (Å²) in [4.78, 5) is 0.837. The van der Waals surface area contributed by atoms with E-state index >= 15 is 0 Å². The molecule has 0 bridgehead atoms. The van der Waals surface area contributed by atoms with Gasteiger partial charge >= 0.3 is 6.80 Å². The first-order valence-electron chi connectivity index (χ1n) is 8.65. The lowest BCUT2D eigenvalue weighted by Crippen LogP contribution is -2.30. The van der Waals surface area contributed by atoms with Gasteiger partial charge in [-0.25, -0.2) is 4.57 Å². The van der Waals surface area contributed by atoms with Gasteiger partial charge < -0.3 is 13.8 Å². The molecule has 138 valence electrons. The average molecular weight is 390 g/mol. The highest BCUT2D eigenvalue weighted by Crippen LogP contribution is 2.66. The molecule has 0 saturated heterocycles. The summed E-state index contributed by atoms with van der Waals surface area (Å²) in [6, 6.07) is 17.7. The highest BCUT2D eigenvalue weighted by molar-refractivity contribution is 8.59. The van der Waals surface area contributed by atoms with Crippen molar-refractivity contribution in [3.8, 4) is 5.75 Å². The molecular weight excluding hydrogens is 367 g/mol. The summed E-state index contributed by atoms with van der Waals surface area (Å²) in [5.41, 5.74) is 1.25. The zero-order valence-electron chi connectivity index (χ0n) is 15.2. The topological polar surface area (TPSA) is 44.8 Å². The molecule has 4 nitrogen and oxygen atoms in total. The lowest BCUT2D eigenvalue weighted by Gasteiger charge is -2.34. The van der Waals surface area contributed by atoms with E-state index in [1.807, 2.05) is 81.4 Å². The lowest BCUT2D eigenvalue weighted by molar-refractivity contribution is 0.138. The molecule has 0 aliphatic carbocycles. The molecule has 0 N–H and O–H groups in total. The van der Waals surface area contributed by atoms with Crippen LogP contribution >= 0.6 is 18.2 Å². The minimum absolute atomic E-state index is 0.325. The predicted molar refractivity (Wildman–Crippen MR) is 107 cm³/mol. The van der Waals surface area contributed by atoms with Crippen molar-refractivity contribution in [2.75, 3.05) is 13.2 Å². The second-order valence-corrected chi connectivity index (χ2v) is 9.88. The van der Waals surface area contributed by atoms with E-state index in [1.54, 1.807) is 0 Å². The zero-order chi connectivity index (χ0) is 18.6. The van der Waals surface area contributed by atoms with Crippen LogP contribution in [0.1, 0.15) is 31.9 Å². The van der Waals surface area contributed by atoms with Crippen molar-refractivity contribution in [1.29, 1.82) is 0 Å². The summed E-state index contributed by atoms with van der Waals surface area (Å²) in [6.07, 6.45) is 2.00. The average Bonchev–Trinajstić information content (AvgIpc) is 2.62. The van der Waals surface area contributed by atoms with Gasteiger partial charge in [0.05, 0.1) is 13.2 Å². The van der Waals surface area contributed by atoms with Crippen LogP contribution in [0.4, 0.5) is 0 Å². The minimum Gasteiger partial charge on any atom is -0.478 e. The predicted octanol–water partition coefficient (Wildman–Crippen LogP) is 6.25. The van der Waals surface area contributed by atoms with Crippen LogP contribution in [0.15, 0.2) is 60.7 Å². The van der Waals surface area contributed by atoms with Crippen molar-refractivity contribution < 1.29 is 18.3 Å². The highest BCUT2D eigenvalue weighted by atomic mass is 32.7. The lowest BCUT2D eigenvalue weighted by atomic mass is 9.92. The fourth-order valence-corrected chi connectivity index (χ4v) is 6.58. The maximum absolute atomic E-state index is 13.1. The molecule has 0 saturated carbocycles. The Morgan fingerprint density at radius 1 is 1.00 bits per heavy atom.